The molecule has 27 heavy (non-hydrogen) atoms. The predicted octanol–water partition coefficient (Wildman–Crippen LogP) is -0.397. The largest absolute Gasteiger partial charge is 0.509 e. The van der Waals surface area contributed by atoms with Crippen molar-refractivity contribution in [2.75, 3.05) is 13.7 Å². The lowest BCUT2D eigenvalue weighted by atomic mass is 10.1. The third-order valence-corrected chi connectivity index (χ3v) is 4.30. The lowest BCUT2D eigenvalue weighted by Crippen LogP contribution is -2.45. The molecule has 4 atom stereocenters. The first-order valence-electron chi connectivity index (χ1n) is 7.85. The van der Waals surface area contributed by atoms with E-state index in [0.717, 1.165) is 16.8 Å². The van der Waals surface area contributed by atoms with E-state index in [4.69, 9.17) is 23.7 Å². The number of alkyl halides is 1. The summed E-state index contributed by atoms with van der Waals surface area (Å²) in [4.78, 5) is 48.6. The van der Waals surface area contributed by atoms with Gasteiger partial charge < -0.3 is 23.7 Å². The van der Waals surface area contributed by atoms with Gasteiger partial charge in [0.1, 0.15) is 0 Å². The highest BCUT2D eigenvalue weighted by Crippen LogP contribution is 2.44. The van der Waals surface area contributed by atoms with E-state index in [-0.39, 0.29) is 0 Å². The summed E-state index contributed by atoms with van der Waals surface area (Å²) in [6.07, 6.45) is -4.47. The van der Waals surface area contributed by atoms with E-state index in [9.17, 15) is 19.2 Å². The summed E-state index contributed by atoms with van der Waals surface area (Å²) in [6.45, 7) is 1.89. The third kappa shape index (κ3) is 3.32. The summed E-state index contributed by atoms with van der Waals surface area (Å²) in [5.74, 6) is -3.66. The zero-order valence-electron chi connectivity index (χ0n) is 14.6. The highest BCUT2D eigenvalue weighted by molar-refractivity contribution is 5.78. The van der Waals surface area contributed by atoms with E-state index in [1.165, 1.54) is 21.0 Å². The summed E-state index contributed by atoms with van der Waals surface area (Å²) >= 11 is 0. The monoisotopic (exact) mass is 388 g/mol. The maximum Gasteiger partial charge on any atom is 0.509 e. The Hall–Kier alpha value is -2.73. The summed E-state index contributed by atoms with van der Waals surface area (Å²) in [5, 5.41) is 0. The van der Waals surface area contributed by atoms with Crippen LogP contribution in [0.5, 0.6) is 0 Å². The zero-order chi connectivity index (χ0) is 20.0. The van der Waals surface area contributed by atoms with Gasteiger partial charge in [-0.3, -0.25) is 14.3 Å². The van der Waals surface area contributed by atoms with Crippen LogP contribution in [0.15, 0.2) is 21.9 Å². The molecule has 2 saturated heterocycles. The predicted molar refractivity (Wildman–Crippen MR) is 82.5 cm³/mol. The number of methoxy groups -OCH3 is 1. The number of hydrogen-bond donors (Lipinski definition) is 1. The standard InChI is InChI=1S/C15H17FN2O9/c1-14(2,23-3)11(20)24-6-15(16)9-8(25-13(22)26-9)10(27-15)18-5-4-7(19)17-12(18)21/h4-5,8-10H,6H2,1-3H3,(H,17,19,21)/t8-,9+,10-,15-/m1/s1. The van der Waals surface area contributed by atoms with Crippen LogP contribution in [0.4, 0.5) is 9.18 Å². The molecule has 2 aliphatic rings. The van der Waals surface area contributed by atoms with E-state index in [0.29, 0.717) is 0 Å². The van der Waals surface area contributed by atoms with Crippen LogP contribution in [-0.4, -0.2) is 59.1 Å². The second-order valence-corrected chi connectivity index (χ2v) is 6.47. The van der Waals surface area contributed by atoms with Crippen LogP contribution in [0.25, 0.3) is 0 Å². The number of aromatic amines is 1. The van der Waals surface area contributed by atoms with Crippen molar-refractivity contribution < 1.29 is 37.7 Å². The molecule has 148 valence electrons. The number of fused-ring (bicyclic) bond motifs is 1. The van der Waals surface area contributed by atoms with Crippen molar-refractivity contribution in [3.05, 3.63) is 33.1 Å². The molecule has 0 aliphatic carbocycles. The van der Waals surface area contributed by atoms with Crippen LogP contribution in [0.1, 0.15) is 20.1 Å². The SMILES string of the molecule is COC(C)(C)C(=O)OC[C@@]1(F)O[C@@H](n2ccc(=O)[nH]c2=O)[C@@H]2OC(=O)O[C@@H]21. The van der Waals surface area contributed by atoms with E-state index < -0.39 is 59.9 Å². The Kier molecular flexibility index (Phi) is 4.56. The lowest BCUT2D eigenvalue weighted by Gasteiger charge is -2.26. The number of esters is 1. The number of H-pyrrole nitrogens is 1. The number of ether oxygens (including phenoxy) is 5. The Balaban J connectivity index is 1.86. The fourth-order valence-electron chi connectivity index (χ4n) is 2.63. The van der Waals surface area contributed by atoms with Crippen LogP contribution >= 0.6 is 0 Å². The number of nitrogens with one attached hydrogen (secondary N) is 1. The molecule has 0 saturated carbocycles. The maximum absolute atomic E-state index is 15.4. The van der Waals surface area contributed by atoms with Gasteiger partial charge in [0.25, 0.3) is 11.4 Å². The number of nitrogens with zero attached hydrogens (tertiary/aromatic N) is 1. The molecule has 2 fully saturated rings. The number of carbonyl (C=O) groups excluding carboxylic acids is 2. The van der Waals surface area contributed by atoms with Crippen molar-refractivity contribution in [1.82, 2.24) is 9.55 Å². The van der Waals surface area contributed by atoms with Crippen molar-refractivity contribution in [1.29, 1.82) is 0 Å². The molecule has 1 aromatic heterocycles. The Labute approximate surface area is 150 Å². The number of halogens is 1. The molecule has 3 heterocycles. The van der Waals surface area contributed by atoms with Crippen LogP contribution in [-0.2, 0) is 28.5 Å². The Morgan fingerprint density at radius 3 is 2.70 bits per heavy atom. The van der Waals surface area contributed by atoms with Gasteiger partial charge in [-0.05, 0) is 13.8 Å². The molecule has 2 aliphatic heterocycles. The molecular weight excluding hydrogens is 371 g/mol. The molecule has 0 amide bonds. The van der Waals surface area contributed by atoms with E-state index in [2.05, 4.69) is 0 Å². The first kappa shape index (κ1) is 19.0. The minimum Gasteiger partial charge on any atom is -0.457 e. The van der Waals surface area contributed by atoms with Crippen LogP contribution in [0.3, 0.4) is 0 Å². The number of rotatable bonds is 5. The first-order valence-corrected chi connectivity index (χ1v) is 7.85. The smallest absolute Gasteiger partial charge is 0.457 e. The van der Waals surface area contributed by atoms with Gasteiger partial charge in [-0.15, -0.1) is 0 Å². The minimum atomic E-state index is -2.78. The van der Waals surface area contributed by atoms with E-state index >= 15 is 4.39 Å². The molecule has 3 rings (SSSR count). The highest BCUT2D eigenvalue weighted by atomic mass is 19.2. The molecule has 1 aromatic rings. The van der Waals surface area contributed by atoms with Crippen molar-refractivity contribution >= 4 is 12.1 Å². The van der Waals surface area contributed by atoms with Crippen molar-refractivity contribution in [3.63, 3.8) is 0 Å². The van der Waals surface area contributed by atoms with Crippen molar-refractivity contribution in [3.8, 4) is 0 Å². The summed E-state index contributed by atoms with van der Waals surface area (Å²) in [7, 11) is 1.28. The van der Waals surface area contributed by atoms with Gasteiger partial charge >= 0.3 is 17.8 Å². The maximum atomic E-state index is 15.4. The summed E-state index contributed by atoms with van der Waals surface area (Å²) in [5.41, 5.74) is -2.92. The quantitative estimate of drug-likeness (QED) is 0.669. The number of carbonyl (C=O) groups is 2. The topological polar surface area (TPSA) is 135 Å². The van der Waals surface area contributed by atoms with Crippen LogP contribution < -0.4 is 11.2 Å². The summed E-state index contributed by atoms with van der Waals surface area (Å²) in [6, 6.07) is 1.01. The molecule has 0 unspecified atom stereocenters. The van der Waals surface area contributed by atoms with Crippen LogP contribution in [0.2, 0.25) is 0 Å². The second kappa shape index (κ2) is 6.46. The molecule has 11 nitrogen and oxygen atoms in total. The zero-order valence-corrected chi connectivity index (χ0v) is 14.6. The number of hydrogen-bond acceptors (Lipinski definition) is 9. The Bertz CT molecular complexity index is 879. The highest BCUT2D eigenvalue weighted by Gasteiger charge is 2.65. The molecule has 0 spiro atoms. The Morgan fingerprint density at radius 1 is 1.37 bits per heavy atom. The molecular formula is C15H17FN2O9. The second-order valence-electron chi connectivity index (χ2n) is 6.47. The molecule has 0 bridgehead atoms. The normalized spacial score (nSPS) is 29.8. The average molecular weight is 388 g/mol. The molecule has 12 heteroatoms. The van der Waals surface area contributed by atoms with E-state index in [1.807, 2.05) is 4.98 Å². The van der Waals surface area contributed by atoms with Gasteiger partial charge in [0.15, 0.2) is 24.5 Å². The average Bonchev–Trinajstić information content (AvgIpc) is 3.11. The van der Waals surface area contributed by atoms with Crippen molar-refractivity contribution in [2.45, 2.75) is 43.7 Å². The fourth-order valence-corrected chi connectivity index (χ4v) is 2.63. The van der Waals surface area contributed by atoms with E-state index in [1.54, 1.807) is 0 Å². The van der Waals surface area contributed by atoms with Crippen molar-refractivity contribution in [2.24, 2.45) is 0 Å². The van der Waals surface area contributed by atoms with Gasteiger partial charge in [-0.1, -0.05) is 0 Å². The van der Waals surface area contributed by atoms with Gasteiger partial charge in [-0.2, -0.15) is 0 Å². The summed E-state index contributed by atoms with van der Waals surface area (Å²) < 4.78 is 40.9. The van der Waals surface area contributed by atoms with Gasteiger partial charge in [0.05, 0.1) is 0 Å². The lowest BCUT2D eigenvalue weighted by molar-refractivity contribution is -0.224. The molecule has 1 N–H and O–H groups in total. The molecule has 0 aromatic carbocycles. The first-order chi connectivity index (χ1) is 12.6. The minimum absolute atomic E-state index is 0.673. The van der Waals surface area contributed by atoms with Gasteiger partial charge in [0.2, 0.25) is 6.10 Å². The van der Waals surface area contributed by atoms with Gasteiger partial charge in [0, 0.05) is 19.4 Å². The Morgan fingerprint density at radius 2 is 2.07 bits per heavy atom. The van der Waals surface area contributed by atoms with Gasteiger partial charge in [-0.25, -0.2) is 18.8 Å². The fraction of sp³-hybridized carbons (Fsp3) is 0.600. The molecule has 0 radical (unpaired) electrons. The van der Waals surface area contributed by atoms with Crippen LogP contribution in [0, 0.1) is 0 Å². The number of aromatic nitrogens is 2. The third-order valence-electron chi connectivity index (χ3n) is 4.30.